The van der Waals surface area contributed by atoms with Crippen molar-refractivity contribution in [3.8, 4) is 0 Å². The van der Waals surface area contributed by atoms with Crippen LogP contribution in [0.4, 0.5) is 19.0 Å². The van der Waals surface area contributed by atoms with Crippen LogP contribution in [0.3, 0.4) is 0 Å². The molecule has 0 bridgehead atoms. The van der Waals surface area contributed by atoms with Crippen LogP contribution in [0.1, 0.15) is 53.4 Å². The molecule has 3 aromatic rings. The lowest BCUT2D eigenvalue weighted by atomic mass is 10.0. The molecule has 2 aromatic heterocycles. The van der Waals surface area contributed by atoms with Crippen LogP contribution in [0.25, 0.3) is 0 Å². The number of hydrogen-bond donors (Lipinski definition) is 1. The summed E-state index contributed by atoms with van der Waals surface area (Å²) >= 11 is 1.15. The average molecular weight is 502 g/mol. The maximum absolute atomic E-state index is 13.5. The smallest absolute Gasteiger partial charge is 0.354 e. The molecule has 3 heterocycles. The predicted octanol–water partition coefficient (Wildman–Crippen LogP) is 5.49. The lowest BCUT2D eigenvalue weighted by molar-refractivity contribution is -0.141. The molecule has 1 aromatic carbocycles. The number of thioether (sulfide) groups is 1. The second-order valence-electron chi connectivity index (χ2n) is 8.45. The maximum Gasteiger partial charge on any atom is 0.433 e. The van der Waals surface area contributed by atoms with Crippen molar-refractivity contribution in [2.45, 2.75) is 55.9 Å². The Kier molecular flexibility index (Phi) is 7.90. The molecule has 1 N–H and O–H groups in total. The molecule has 0 saturated carbocycles. The first-order valence-electron chi connectivity index (χ1n) is 11.4. The second-order valence-corrected chi connectivity index (χ2v) is 9.40. The highest BCUT2D eigenvalue weighted by molar-refractivity contribution is 7.98. The van der Waals surface area contributed by atoms with Crippen molar-refractivity contribution in [3.63, 3.8) is 0 Å². The molecule has 4 rings (SSSR count). The quantitative estimate of drug-likeness (QED) is 0.341. The molecule has 1 amide bonds. The van der Waals surface area contributed by atoms with E-state index in [4.69, 9.17) is 0 Å². The number of pyridine rings is 1. The Bertz CT molecular complexity index is 1140. The molecule has 1 aliphatic rings. The van der Waals surface area contributed by atoms with Crippen molar-refractivity contribution in [3.05, 3.63) is 77.2 Å². The van der Waals surface area contributed by atoms with Crippen LogP contribution in [0, 0.1) is 0 Å². The molecule has 1 saturated heterocycles. The lowest BCUT2D eigenvalue weighted by Crippen LogP contribution is -2.38. The van der Waals surface area contributed by atoms with Gasteiger partial charge in [0.15, 0.2) is 10.9 Å². The highest BCUT2D eigenvalue weighted by Crippen LogP contribution is 2.33. The van der Waals surface area contributed by atoms with Gasteiger partial charge >= 0.3 is 6.18 Å². The number of carbonyl (C=O) groups excluding carboxylic acids is 1. The number of anilines is 1. The number of nitrogens with zero attached hydrogens (tertiary/aromatic N) is 4. The fourth-order valence-electron chi connectivity index (χ4n) is 3.89. The zero-order chi connectivity index (χ0) is 24.8. The molecular formula is C25H26F3N5OS. The number of aromatic nitrogens is 3. The van der Waals surface area contributed by atoms with Crippen LogP contribution < -0.4 is 10.2 Å². The number of hydrogen-bond acceptors (Lipinski definition) is 6. The van der Waals surface area contributed by atoms with Crippen LogP contribution in [0.2, 0.25) is 0 Å². The molecule has 1 aliphatic heterocycles. The Morgan fingerprint density at radius 1 is 1.09 bits per heavy atom. The summed E-state index contributed by atoms with van der Waals surface area (Å²) < 4.78 is 40.5. The summed E-state index contributed by atoms with van der Waals surface area (Å²) in [5.74, 6) is 0.501. The Hall–Kier alpha value is -3.14. The van der Waals surface area contributed by atoms with E-state index < -0.39 is 11.9 Å². The third-order valence-electron chi connectivity index (χ3n) is 5.87. The minimum atomic E-state index is -4.54. The van der Waals surface area contributed by atoms with Gasteiger partial charge in [-0.1, -0.05) is 23.9 Å². The zero-order valence-electron chi connectivity index (χ0n) is 19.3. The molecule has 184 valence electrons. The van der Waals surface area contributed by atoms with Gasteiger partial charge in [0.05, 0.1) is 0 Å². The first-order valence-corrected chi connectivity index (χ1v) is 12.4. The Labute approximate surface area is 206 Å². The minimum Gasteiger partial charge on any atom is -0.354 e. The third-order valence-corrected chi connectivity index (χ3v) is 6.78. The SMILES string of the molecule is CC1CCCCN1c1cc(C(F)(F)F)nc(SCc2ccc(C(=O)NCc3ccncc3)cc2)n1. The Balaban J connectivity index is 1.42. The normalized spacial score (nSPS) is 16.2. The van der Waals surface area contributed by atoms with Gasteiger partial charge in [0.25, 0.3) is 5.91 Å². The van der Waals surface area contributed by atoms with Gasteiger partial charge in [-0.25, -0.2) is 9.97 Å². The molecule has 0 aliphatic carbocycles. The molecule has 0 spiro atoms. The van der Waals surface area contributed by atoms with Gasteiger partial charge in [0, 0.05) is 48.9 Å². The van der Waals surface area contributed by atoms with E-state index in [0.29, 0.717) is 30.2 Å². The van der Waals surface area contributed by atoms with Crippen molar-refractivity contribution in [1.82, 2.24) is 20.3 Å². The van der Waals surface area contributed by atoms with Crippen molar-refractivity contribution in [2.75, 3.05) is 11.4 Å². The van der Waals surface area contributed by atoms with E-state index in [2.05, 4.69) is 20.3 Å². The number of halogens is 3. The molecule has 1 atom stereocenters. The monoisotopic (exact) mass is 501 g/mol. The highest BCUT2D eigenvalue weighted by atomic mass is 32.2. The molecular weight excluding hydrogens is 475 g/mol. The predicted molar refractivity (Wildman–Crippen MR) is 129 cm³/mol. The van der Waals surface area contributed by atoms with Crippen LogP contribution >= 0.6 is 11.8 Å². The number of piperidine rings is 1. The van der Waals surface area contributed by atoms with E-state index in [1.54, 1.807) is 36.7 Å². The van der Waals surface area contributed by atoms with E-state index in [-0.39, 0.29) is 17.1 Å². The molecule has 35 heavy (non-hydrogen) atoms. The van der Waals surface area contributed by atoms with Crippen LogP contribution in [-0.2, 0) is 18.5 Å². The van der Waals surface area contributed by atoms with Crippen LogP contribution in [0.5, 0.6) is 0 Å². The molecule has 1 fully saturated rings. The van der Waals surface area contributed by atoms with E-state index >= 15 is 0 Å². The van der Waals surface area contributed by atoms with Gasteiger partial charge < -0.3 is 10.2 Å². The maximum atomic E-state index is 13.5. The van der Waals surface area contributed by atoms with Gasteiger partial charge in [0.2, 0.25) is 0 Å². The topological polar surface area (TPSA) is 71.0 Å². The summed E-state index contributed by atoms with van der Waals surface area (Å²) in [4.78, 5) is 26.5. The first-order chi connectivity index (χ1) is 16.8. The van der Waals surface area contributed by atoms with Crippen molar-refractivity contribution >= 4 is 23.5 Å². The fraction of sp³-hybridized carbons (Fsp3) is 0.360. The van der Waals surface area contributed by atoms with E-state index in [1.807, 2.05) is 24.0 Å². The van der Waals surface area contributed by atoms with Crippen molar-refractivity contribution in [1.29, 1.82) is 0 Å². The van der Waals surface area contributed by atoms with Gasteiger partial charge in [-0.2, -0.15) is 13.2 Å². The summed E-state index contributed by atoms with van der Waals surface area (Å²) in [6.07, 6.45) is 1.71. The van der Waals surface area contributed by atoms with Crippen LogP contribution in [0.15, 0.2) is 60.0 Å². The lowest BCUT2D eigenvalue weighted by Gasteiger charge is -2.34. The fourth-order valence-corrected chi connectivity index (χ4v) is 4.70. The summed E-state index contributed by atoms with van der Waals surface area (Å²) in [5.41, 5.74) is 1.38. The number of amides is 1. The first kappa shape index (κ1) is 25.0. The molecule has 1 unspecified atom stereocenters. The molecule has 10 heteroatoms. The number of benzene rings is 1. The summed E-state index contributed by atoms with van der Waals surface area (Å²) in [7, 11) is 0. The Morgan fingerprint density at radius 2 is 1.83 bits per heavy atom. The van der Waals surface area contributed by atoms with Gasteiger partial charge in [-0.05, 0) is 61.6 Å². The van der Waals surface area contributed by atoms with E-state index in [0.717, 1.165) is 48.2 Å². The summed E-state index contributed by atoms with van der Waals surface area (Å²) in [5, 5.41) is 2.94. The summed E-state index contributed by atoms with van der Waals surface area (Å²) in [6.45, 7) is 3.09. The number of carbonyl (C=O) groups is 1. The standard InChI is InChI=1S/C25H26F3N5OS/c1-17-4-2-3-13-33(17)22-14-21(25(26,27)28)31-24(32-22)35-16-19-5-7-20(8-6-19)23(34)30-15-18-9-11-29-12-10-18/h5-12,14,17H,2-4,13,15-16H2,1H3,(H,30,34). The van der Waals surface area contributed by atoms with Gasteiger partial charge in [-0.3, -0.25) is 9.78 Å². The molecule has 0 radical (unpaired) electrons. The van der Waals surface area contributed by atoms with E-state index in [1.165, 1.54) is 0 Å². The van der Waals surface area contributed by atoms with Crippen molar-refractivity contribution in [2.24, 2.45) is 0 Å². The largest absolute Gasteiger partial charge is 0.433 e. The highest BCUT2D eigenvalue weighted by Gasteiger charge is 2.35. The van der Waals surface area contributed by atoms with E-state index in [9.17, 15) is 18.0 Å². The Morgan fingerprint density at radius 3 is 2.51 bits per heavy atom. The van der Waals surface area contributed by atoms with Gasteiger partial charge in [0.1, 0.15) is 5.82 Å². The average Bonchev–Trinajstić information content (AvgIpc) is 2.86. The number of alkyl halides is 3. The minimum absolute atomic E-state index is 0.0896. The second kappa shape index (κ2) is 11.1. The number of nitrogens with one attached hydrogen (secondary N) is 1. The van der Waals surface area contributed by atoms with Crippen molar-refractivity contribution < 1.29 is 18.0 Å². The number of rotatable bonds is 7. The third kappa shape index (κ3) is 6.72. The summed E-state index contributed by atoms with van der Waals surface area (Å²) in [6, 6.07) is 11.8. The van der Waals surface area contributed by atoms with Crippen LogP contribution in [-0.4, -0.2) is 33.4 Å². The zero-order valence-corrected chi connectivity index (χ0v) is 20.1. The molecule has 6 nitrogen and oxygen atoms in total. The van der Waals surface area contributed by atoms with Gasteiger partial charge in [-0.15, -0.1) is 0 Å².